The molecule has 1 aromatic heterocycles. The molecule has 0 radical (unpaired) electrons. The van der Waals surface area contributed by atoms with E-state index in [2.05, 4.69) is 29.1 Å². The van der Waals surface area contributed by atoms with Crippen LogP contribution in [0.2, 0.25) is 0 Å². The Morgan fingerprint density at radius 1 is 1.08 bits per heavy atom. The van der Waals surface area contributed by atoms with Gasteiger partial charge in [0.05, 0.1) is 7.11 Å². The van der Waals surface area contributed by atoms with E-state index in [9.17, 15) is 0 Å². The first-order valence-electron chi connectivity index (χ1n) is 7.15. The lowest BCUT2D eigenvalue weighted by molar-refractivity contribution is -0.159. The highest BCUT2D eigenvalue weighted by Gasteiger charge is 2.04. The van der Waals surface area contributed by atoms with Crippen LogP contribution < -0.4 is 9.64 Å². The summed E-state index contributed by atoms with van der Waals surface area (Å²) in [5.41, 5.74) is 1.30. The fraction of sp³-hybridized carbons (Fsp3) is 0.235. The molecule has 0 unspecified atom stereocenters. The van der Waals surface area contributed by atoms with Crippen molar-refractivity contribution in [3.05, 3.63) is 54.2 Å². The minimum absolute atomic E-state index is 0.900. The number of carboxylic acid groups (broad SMARTS) is 2. The molecule has 0 fully saturated rings. The van der Waals surface area contributed by atoms with Crippen molar-refractivity contribution >= 4 is 17.8 Å². The third kappa shape index (κ3) is 6.78. The zero-order valence-electron chi connectivity index (χ0n) is 13.5. The van der Waals surface area contributed by atoms with Gasteiger partial charge in [-0.3, -0.25) is 0 Å². The summed E-state index contributed by atoms with van der Waals surface area (Å²) in [6, 6.07) is 14.2. The number of hydrogen-bond donors (Lipinski definition) is 2. The number of anilines is 1. The van der Waals surface area contributed by atoms with Gasteiger partial charge >= 0.3 is 11.9 Å². The van der Waals surface area contributed by atoms with Gasteiger partial charge in [-0.15, -0.1) is 0 Å². The summed E-state index contributed by atoms with van der Waals surface area (Å²) in [6.45, 7) is 0.948. The van der Waals surface area contributed by atoms with Gasteiger partial charge in [0.15, 0.2) is 0 Å². The maximum atomic E-state index is 9.10. The van der Waals surface area contributed by atoms with Crippen molar-refractivity contribution in [3.8, 4) is 5.75 Å². The van der Waals surface area contributed by atoms with Gasteiger partial charge in [-0.1, -0.05) is 18.2 Å². The Kier molecular flexibility index (Phi) is 7.77. The molecule has 0 bridgehead atoms. The molecule has 0 saturated carbocycles. The van der Waals surface area contributed by atoms with Crippen LogP contribution in [0.4, 0.5) is 5.82 Å². The standard InChI is InChI=1S/C15H18N2O.C2H2O4/c1-17(15-5-3-4-11-16-15)12-10-13-6-8-14(18-2)9-7-13;3-1(4)2(5)6/h3-9,11H,10,12H2,1-2H3;(H,3,4)(H,5,6). The number of carboxylic acids is 2. The predicted molar refractivity (Wildman–Crippen MR) is 89.5 cm³/mol. The van der Waals surface area contributed by atoms with Gasteiger partial charge in [0.2, 0.25) is 0 Å². The van der Waals surface area contributed by atoms with Crippen LogP contribution in [0.5, 0.6) is 5.75 Å². The molecular formula is C17H20N2O5. The van der Waals surface area contributed by atoms with E-state index in [0.717, 1.165) is 24.5 Å². The molecule has 24 heavy (non-hydrogen) atoms. The maximum absolute atomic E-state index is 9.10. The number of carbonyl (C=O) groups is 2. The molecule has 1 heterocycles. The molecule has 1 aromatic carbocycles. The van der Waals surface area contributed by atoms with Crippen LogP contribution >= 0.6 is 0 Å². The van der Waals surface area contributed by atoms with Gasteiger partial charge in [0.1, 0.15) is 11.6 Å². The largest absolute Gasteiger partial charge is 0.497 e. The number of nitrogens with zero attached hydrogens (tertiary/aromatic N) is 2. The summed E-state index contributed by atoms with van der Waals surface area (Å²) in [6.07, 6.45) is 2.82. The van der Waals surface area contributed by atoms with E-state index in [-0.39, 0.29) is 0 Å². The predicted octanol–water partition coefficient (Wildman–Crippen LogP) is 1.92. The maximum Gasteiger partial charge on any atom is 0.414 e. The van der Waals surface area contributed by atoms with E-state index >= 15 is 0 Å². The van der Waals surface area contributed by atoms with Crippen LogP contribution in [-0.4, -0.2) is 47.8 Å². The summed E-state index contributed by atoms with van der Waals surface area (Å²) in [7, 11) is 3.75. The Morgan fingerprint density at radius 3 is 2.17 bits per heavy atom. The number of methoxy groups -OCH3 is 1. The quantitative estimate of drug-likeness (QED) is 0.807. The minimum atomic E-state index is -1.82. The van der Waals surface area contributed by atoms with Crippen molar-refractivity contribution in [1.82, 2.24) is 4.98 Å². The van der Waals surface area contributed by atoms with Gasteiger partial charge < -0.3 is 19.8 Å². The minimum Gasteiger partial charge on any atom is -0.497 e. The van der Waals surface area contributed by atoms with Crippen LogP contribution in [0.3, 0.4) is 0 Å². The highest BCUT2D eigenvalue weighted by atomic mass is 16.5. The van der Waals surface area contributed by atoms with Gasteiger partial charge in [-0.25, -0.2) is 14.6 Å². The first-order chi connectivity index (χ1) is 11.4. The average Bonchev–Trinajstić information content (AvgIpc) is 2.61. The topological polar surface area (TPSA) is 100.0 Å². The normalized spacial score (nSPS) is 9.42. The van der Waals surface area contributed by atoms with Crippen LogP contribution in [0.25, 0.3) is 0 Å². The number of pyridine rings is 1. The third-order valence-electron chi connectivity index (χ3n) is 3.12. The smallest absolute Gasteiger partial charge is 0.414 e. The lowest BCUT2D eigenvalue weighted by Crippen LogP contribution is -2.21. The second kappa shape index (κ2) is 9.83. The Morgan fingerprint density at radius 2 is 1.71 bits per heavy atom. The molecule has 0 aliphatic rings. The number of aromatic nitrogens is 1. The molecule has 7 nitrogen and oxygen atoms in total. The molecule has 0 spiro atoms. The van der Waals surface area contributed by atoms with Crippen molar-refractivity contribution in [3.63, 3.8) is 0 Å². The van der Waals surface area contributed by atoms with E-state index in [1.54, 1.807) is 7.11 Å². The molecule has 2 N–H and O–H groups in total. The second-order valence-corrected chi connectivity index (χ2v) is 4.82. The van der Waals surface area contributed by atoms with Crippen molar-refractivity contribution in [2.45, 2.75) is 6.42 Å². The van der Waals surface area contributed by atoms with Gasteiger partial charge in [0, 0.05) is 19.8 Å². The molecule has 0 aliphatic carbocycles. The average molecular weight is 332 g/mol. The van der Waals surface area contributed by atoms with Crippen LogP contribution in [0, 0.1) is 0 Å². The first kappa shape index (κ1) is 19.0. The van der Waals surface area contributed by atoms with Crippen LogP contribution in [0.1, 0.15) is 5.56 Å². The van der Waals surface area contributed by atoms with E-state index < -0.39 is 11.9 Å². The molecule has 7 heteroatoms. The highest BCUT2D eigenvalue weighted by Crippen LogP contribution is 2.13. The monoisotopic (exact) mass is 332 g/mol. The lowest BCUT2D eigenvalue weighted by Gasteiger charge is -2.17. The fourth-order valence-electron chi connectivity index (χ4n) is 1.78. The summed E-state index contributed by atoms with van der Waals surface area (Å²) in [5.74, 6) is -1.74. The second-order valence-electron chi connectivity index (χ2n) is 4.82. The zero-order chi connectivity index (χ0) is 17.9. The number of aliphatic carboxylic acids is 2. The molecule has 2 rings (SSSR count). The first-order valence-corrected chi connectivity index (χ1v) is 7.15. The number of likely N-dealkylation sites (N-methyl/N-ethyl adjacent to an activating group) is 1. The van der Waals surface area contributed by atoms with Crippen molar-refractivity contribution in [1.29, 1.82) is 0 Å². The molecule has 0 aliphatic heterocycles. The Hall–Kier alpha value is -3.09. The molecule has 0 amide bonds. The molecule has 0 saturated heterocycles. The Labute approximate surface area is 140 Å². The summed E-state index contributed by atoms with van der Waals surface area (Å²) < 4.78 is 5.14. The van der Waals surface area contributed by atoms with Crippen molar-refractivity contribution in [2.75, 3.05) is 25.6 Å². The third-order valence-corrected chi connectivity index (χ3v) is 3.12. The van der Waals surface area contributed by atoms with E-state index in [0.29, 0.717) is 0 Å². The van der Waals surface area contributed by atoms with E-state index in [1.807, 2.05) is 36.5 Å². The van der Waals surface area contributed by atoms with E-state index in [1.165, 1.54) is 5.56 Å². The van der Waals surface area contributed by atoms with Gasteiger partial charge in [-0.2, -0.15) is 0 Å². The fourth-order valence-corrected chi connectivity index (χ4v) is 1.78. The van der Waals surface area contributed by atoms with E-state index in [4.69, 9.17) is 24.5 Å². The van der Waals surface area contributed by atoms with Gasteiger partial charge in [0.25, 0.3) is 0 Å². The number of benzene rings is 1. The SMILES string of the molecule is COc1ccc(CCN(C)c2ccccn2)cc1.O=C(O)C(=O)O. The number of ether oxygens (including phenoxy) is 1. The molecular weight excluding hydrogens is 312 g/mol. The molecule has 2 aromatic rings. The zero-order valence-corrected chi connectivity index (χ0v) is 13.5. The van der Waals surface area contributed by atoms with Crippen LogP contribution in [-0.2, 0) is 16.0 Å². The van der Waals surface area contributed by atoms with Crippen molar-refractivity contribution in [2.24, 2.45) is 0 Å². The molecule has 0 atom stereocenters. The lowest BCUT2D eigenvalue weighted by atomic mass is 10.1. The van der Waals surface area contributed by atoms with Crippen molar-refractivity contribution < 1.29 is 24.5 Å². The highest BCUT2D eigenvalue weighted by molar-refractivity contribution is 6.27. The summed E-state index contributed by atoms with van der Waals surface area (Å²) >= 11 is 0. The number of rotatable bonds is 5. The Bertz CT molecular complexity index is 632. The summed E-state index contributed by atoms with van der Waals surface area (Å²) in [5, 5.41) is 14.8. The van der Waals surface area contributed by atoms with Gasteiger partial charge in [-0.05, 0) is 36.2 Å². The Balaban J connectivity index is 0.000000413. The number of hydrogen-bond acceptors (Lipinski definition) is 5. The molecule has 128 valence electrons. The summed E-state index contributed by atoms with van der Waals surface area (Å²) in [4.78, 5) is 24.7. The van der Waals surface area contributed by atoms with Crippen LogP contribution in [0.15, 0.2) is 48.7 Å².